The number of carbonyl (C=O) groups excluding carboxylic acids is 1. The Balaban J connectivity index is 0. The number of nitrogens with zero attached hydrogens (tertiary/aromatic N) is 2. The molecule has 0 radical (unpaired) electrons. The molecule has 0 aliphatic heterocycles. The molecule has 0 saturated heterocycles. The number of nitrogens with two attached hydrogens (primary N) is 1. The number of halogens is 1. The third-order valence-corrected chi connectivity index (χ3v) is 1.24. The summed E-state index contributed by atoms with van der Waals surface area (Å²) in [4.78, 5) is 11.0. The molecule has 0 atom stereocenters. The Kier molecular flexibility index (Phi) is 8.35. The van der Waals surface area contributed by atoms with Crippen LogP contribution in [0.25, 0.3) is 0 Å². The van der Waals surface area contributed by atoms with Gasteiger partial charge in [-0.3, -0.25) is 4.79 Å². The Morgan fingerprint density at radius 3 is 2.36 bits per heavy atom. The van der Waals surface area contributed by atoms with Crippen molar-refractivity contribution >= 4 is 18.3 Å². The Hall–Kier alpha value is -1.72. The number of nitriles is 2. The molecule has 5 nitrogen and oxygen atoms in total. The molecule has 76 valence electrons. The maximum Gasteiger partial charge on any atom is 0.224 e. The summed E-state index contributed by atoms with van der Waals surface area (Å²) in [6.07, 6.45) is 0.987. The fourth-order valence-corrected chi connectivity index (χ4v) is 0.640. The SMILES string of the molecule is CCCC(=O)NC(C#N)=C(N)C#N.Cl. The van der Waals surface area contributed by atoms with E-state index in [0.29, 0.717) is 12.8 Å². The fraction of sp³-hybridized carbons (Fsp3) is 0.375. The van der Waals surface area contributed by atoms with Crippen LogP contribution in [0.4, 0.5) is 0 Å². The molecule has 0 aromatic rings. The molecule has 1 amide bonds. The maximum absolute atomic E-state index is 11.0. The van der Waals surface area contributed by atoms with Crippen molar-refractivity contribution in [3.8, 4) is 12.1 Å². The predicted octanol–water partition coefficient (Wildman–Crippen LogP) is 0.542. The highest BCUT2D eigenvalue weighted by atomic mass is 35.5. The van der Waals surface area contributed by atoms with E-state index < -0.39 is 0 Å². The van der Waals surface area contributed by atoms with Crippen molar-refractivity contribution in [3.05, 3.63) is 11.4 Å². The van der Waals surface area contributed by atoms with E-state index in [0.717, 1.165) is 0 Å². The maximum atomic E-state index is 11.0. The van der Waals surface area contributed by atoms with Gasteiger partial charge in [-0.2, -0.15) is 10.5 Å². The van der Waals surface area contributed by atoms with E-state index in [2.05, 4.69) is 5.32 Å². The second-order valence-electron chi connectivity index (χ2n) is 2.31. The zero-order chi connectivity index (χ0) is 10.3. The summed E-state index contributed by atoms with van der Waals surface area (Å²) < 4.78 is 0. The Morgan fingerprint density at radius 1 is 1.43 bits per heavy atom. The first kappa shape index (κ1) is 14.8. The molecule has 0 heterocycles. The number of nitrogens with one attached hydrogen (secondary N) is 1. The van der Waals surface area contributed by atoms with Crippen molar-refractivity contribution in [2.45, 2.75) is 19.8 Å². The van der Waals surface area contributed by atoms with Gasteiger partial charge in [-0.25, -0.2) is 0 Å². The molecule has 14 heavy (non-hydrogen) atoms. The van der Waals surface area contributed by atoms with E-state index in [9.17, 15) is 4.79 Å². The van der Waals surface area contributed by atoms with E-state index in [1.807, 2.05) is 6.92 Å². The summed E-state index contributed by atoms with van der Waals surface area (Å²) in [5.74, 6) is -0.308. The molecular formula is C8H11ClN4O. The summed E-state index contributed by atoms with van der Waals surface area (Å²) in [5.41, 5.74) is 4.70. The van der Waals surface area contributed by atoms with Crippen molar-refractivity contribution in [1.82, 2.24) is 5.32 Å². The summed E-state index contributed by atoms with van der Waals surface area (Å²) in [5, 5.41) is 19.1. The smallest absolute Gasteiger partial charge is 0.224 e. The largest absolute Gasteiger partial charge is 0.388 e. The Morgan fingerprint density at radius 2 is 2.00 bits per heavy atom. The number of carbonyl (C=O) groups is 1. The van der Waals surface area contributed by atoms with Gasteiger partial charge in [0, 0.05) is 6.42 Å². The van der Waals surface area contributed by atoms with E-state index >= 15 is 0 Å². The first-order valence-corrected chi connectivity index (χ1v) is 3.75. The molecular weight excluding hydrogens is 204 g/mol. The van der Waals surface area contributed by atoms with Gasteiger partial charge < -0.3 is 11.1 Å². The van der Waals surface area contributed by atoms with Crippen molar-refractivity contribution in [3.63, 3.8) is 0 Å². The van der Waals surface area contributed by atoms with Gasteiger partial charge in [0.05, 0.1) is 0 Å². The fourth-order valence-electron chi connectivity index (χ4n) is 0.640. The molecule has 0 aliphatic carbocycles. The van der Waals surface area contributed by atoms with E-state index in [1.165, 1.54) is 0 Å². The molecule has 0 saturated carbocycles. The molecule has 3 N–H and O–H groups in total. The number of hydrogen-bond acceptors (Lipinski definition) is 4. The first-order valence-electron chi connectivity index (χ1n) is 3.75. The molecule has 0 spiro atoms. The highest BCUT2D eigenvalue weighted by molar-refractivity contribution is 5.85. The lowest BCUT2D eigenvalue weighted by molar-refractivity contribution is -0.120. The standard InChI is InChI=1S/C8H10N4O.ClH/c1-2-3-8(13)12-7(5-10)6(11)4-9;/h2-3,11H2,1H3,(H,12,13);1H. The van der Waals surface area contributed by atoms with Crippen LogP contribution in [0.3, 0.4) is 0 Å². The molecule has 0 rings (SSSR count). The van der Waals surface area contributed by atoms with E-state index in [-0.39, 0.29) is 29.7 Å². The third kappa shape index (κ3) is 5.02. The monoisotopic (exact) mass is 214 g/mol. The average molecular weight is 215 g/mol. The third-order valence-electron chi connectivity index (χ3n) is 1.24. The number of hydrogen-bond donors (Lipinski definition) is 2. The van der Waals surface area contributed by atoms with Crippen LogP contribution >= 0.6 is 12.4 Å². The second kappa shape index (κ2) is 7.90. The van der Waals surface area contributed by atoms with Crippen molar-refractivity contribution in [2.75, 3.05) is 0 Å². The highest BCUT2D eigenvalue weighted by Gasteiger charge is 2.06. The lowest BCUT2D eigenvalue weighted by atomic mass is 10.3. The zero-order valence-electron chi connectivity index (χ0n) is 7.70. The molecule has 0 aliphatic rings. The van der Waals surface area contributed by atoms with Crippen molar-refractivity contribution < 1.29 is 4.79 Å². The first-order chi connectivity index (χ1) is 6.15. The highest BCUT2D eigenvalue weighted by Crippen LogP contribution is 1.94. The summed E-state index contributed by atoms with van der Waals surface area (Å²) in [6, 6.07) is 3.23. The van der Waals surface area contributed by atoms with Gasteiger partial charge >= 0.3 is 0 Å². The number of amides is 1. The van der Waals surface area contributed by atoms with Crippen LogP contribution in [0, 0.1) is 22.7 Å². The molecule has 0 aromatic carbocycles. The number of allylic oxidation sites excluding steroid dienone is 2. The van der Waals surface area contributed by atoms with Gasteiger partial charge in [-0.15, -0.1) is 12.4 Å². The normalized spacial score (nSPS) is 9.93. The molecule has 0 unspecified atom stereocenters. The second-order valence-corrected chi connectivity index (χ2v) is 2.31. The number of rotatable bonds is 3. The van der Waals surface area contributed by atoms with Crippen LogP contribution in [0.15, 0.2) is 11.4 Å². The predicted molar refractivity (Wildman–Crippen MR) is 52.7 cm³/mol. The van der Waals surface area contributed by atoms with Gasteiger partial charge in [0.25, 0.3) is 0 Å². The topological polar surface area (TPSA) is 103 Å². The van der Waals surface area contributed by atoms with Gasteiger partial charge in [0.2, 0.25) is 5.91 Å². The van der Waals surface area contributed by atoms with Gasteiger partial charge in [-0.05, 0) is 6.42 Å². The molecule has 0 fully saturated rings. The van der Waals surface area contributed by atoms with Gasteiger partial charge in [0.1, 0.15) is 17.8 Å². The minimum atomic E-state index is -0.308. The summed E-state index contributed by atoms with van der Waals surface area (Å²) in [7, 11) is 0. The zero-order valence-corrected chi connectivity index (χ0v) is 8.52. The van der Waals surface area contributed by atoms with Crippen molar-refractivity contribution in [1.29, 1.82) is 10.5 Å². The van der Waals surface area contributed by atoms with Crippen LogP contribution in [-0.4, -0.2) is 5.91 Å². The Bertz CT molecular complexity index is 310. The van der Waals surface area contributed by atoms with Crippen LogP contribution in [0.1, 0.15) is 19.8 Å². The Labute approximate surface area is 88.6 Å². The molecule has 0 bridgehead atoms. The quantitative estimate of drug-likeness (QED) is 0.670. The molecule has 0 aromatic heterocycles. The minimum absolute atomic E-state index is 0. The van der Waals surface area contributed by atoms with Crippen molar-refractivity contribution in [2.24, 2.45) is 5.73 Å². The minimum Gasteiger partial charge on any atom is -0.388 e. The average Bonchev–Trinajstić information content (AvgIpc) is 2.13. The lowest BCUT2D eigenvalue weighted by Crippen LogP contribution is -2.24. The summed E-state index contributed by atoms with van der Waals surface area (Å²) in [6.45, 7) is 1.84. The van der Waals surface area contributed by atoms with Gasteiger partial charge in [-0.1, -0.05) is 6.92 Å². The van der Waals surface area contributed by atoms with E-state index in [4.69, 9.17) is 16.3 Å². The van der Waals surface area contributed by atoms with E-state index in [1.54, 1.807) is 12.1 Å². The van der Waals surface area contributed by atoms with Crippen LogP contribution < -0.4 is 11.1 Å². The lowest BCUT2D eigenvalue weighted by Gasteiger charge is -2.01. The summed E-state index contributed by atoms with van der Waals surface area (Å²) >= 11 is 0. The van der Waals surface area contributed by atoms with Crippen LogP contribution in [0.5, 0.6) is 0 Å². The molecule has 6 heteroatoms. The van der Waals surface area contributed by atoms with Gasteiger partial charge in [0.15, 0.2) is 5.70 Å². The van der Waals surface area contributed by atoms with Crippen LogP contribution in [-0.2, 0) is 4.79 Å². The van der Waals surface area contributed by atoms with Crippen LogP contribution in [0.2, 0.25) is 0 Å².